The van der Waals surface area contributed by atoms with E-state index in [1.807, 2.05) is 0 Å². The molecule has 0 saturated carbocycles. The van der Waals surface area contributed by atoms with Gasteiger partial charge in [-0.05, 0) is 35.9 Å². The van der Waals surface area contributed by atoms with Crippen molar-refractivity contribution in [3.8, 4) is 0 Å². The SMILES string of the molecule is O=C(Cc1ccc(F)cc1)N1CCN(S(=O)(=O)c2ccc(F)c(F)c2)CC1. The molecule has 9 heteroatoms. The molecule has 1 saturated heterocycles. The molecule has 1 fully saturated rings. The van der Waals surface area contributed by atoms with Crippen LogP contribution in [0.3, 0.4) is 0 Å². The smallest absolute Gasteiger partial charge is 0.243 e. The van der Waals surface area contributed by atoms with E-state index in [2.05, 4.69) is 0 Å². The molecule has 0 atom stereocenters. The number of amides is 1. The number of hydrogen-bond donors (Lipinski definition) is 0. The minimum absolute atomic E-state index is 0.0521. The second-order valence-electron chi connectivity index (χ2n) is 6.16. The van der Waals surface area contributed by atoms with Gasteiger partial charge in [-0.25, -0.2) is 21.6 Å². The lowest BCUT2D eigenvalue weighted by Crippen LogP contribution is -2.50. The van der Waals surface area contributed by atoms with Gasteiger partial charge >= 0.3 is 0 Å². The topological polar surface area (TPSA) is 57.7 Å². The van der Waals surface area contributed by atoms with Crippen molar-refractivity contribution < 1.29 is 26.4 Å². The van der Waals surface area contributed by atoms with E-state index in [1.54, 1.807) is 0 Å². The van der Waals surface area contributed by atoms with Gasteiger partial charge in [0.2, 0.25) is 15.9 Å². The first-order chi connectivity index (χ1) is 12.8. The Kier molecular flexibility index (Phi) is 5.52. The predicted molar refractivity (Wildman–Crippen MR) is 91.8 cm³/mol. The Hall–Kier alpha value is -2.39. The van der Waals surface area contributed by atoms with Crippen LogP contribution in [-0.2, 0) is 21.2 Å². The fourth-order valence-electron chi connectivity index (χ4n) is 2.85. The van der Waals surface area contributed by atoms with Crippen molar-refractivity contribution in [2.75, 3.05) is 26.2 Å². The first kappa shape index (κ1) is 19.4. The van der Waals surface area contributed by atoms with E-state index in [-0.39, 0.29) is 49.2 Å². The number of carbonyl (C=O) groups is 1. The highest BCUT2D eigenvalue weighted by Crippen LogP contribution is 2.20. The molecule has 0 aromatic heterocycles. The fourth-order valence-corrected chi connectivity index (χ4v) is 4.29. The standard InChI is InChI=1S/C18H17F3N2O3S/c19-14-3-1-13(2-4-14)11-18(24)22-7-9-23(10-8-22)27(25,26)15-5-6-16(20)17(21)12-15/h1-6,12H,7-11H2. The molecule has 0 bridgehead atoms. The summed E-state index contributed by atoms with van der Waals surface area (Å²) >= 11 is 0. The largest absolute Gasteiger partial charge is 0.340 e. The van der Waals surface area contributed by atoms with E-state index in [0.29, 0.717) is 11.6 Å². The maximum absolute atomic E-state index is 13.3. The minimum atomic E-state index is -3.97. The average Bonchev–Trinajstić information content (AvgIpc) is 2.66. The minimum Gasteiger partial charge on any atom is -0.340 e. The molecular weight excluding hydrogens is 381 g/mol. The van der Waals surface area contributed by atoms with Crippen LogP contribution in [0.15, 0.2) is 47.4 Å². The summed E-state index contributed by atoms with van der Waals surface area (Å²) < 4.78 is 65.5. The van der Waals surface area contributed by atoms with Crippen LogP contribution in [0.25, 0.3) is 0 Å². The Morgan fingerprint density at radius 3 is 2.11 bits per heavy atom. The summed E-state index contributed by atoms with van der Waals surface area (Å²) in [4.78, 5) is 13.5. The van der Waals surface area contributed by atoms with Crippen LogP contribution in [0.5, 0.6) is 0 Å². The van der Waals surface area contributed by atoms with E-state index in [4.69, 9.17) is 0 Å². The third-order valence-electron chi connectivity index (χ3n) is 4.39. The molecule has 0 aliphatic carbocycles. The van der Waals surface area contributed by atoms with Crippen LogP contribution in [0.1, 0.15) is 5.56 Å². The zero-order valence-corrected chi connectivity index (χ0v) is 15.1. The third kappa shape index (κ3) is 4.30. The highest BCUT2D eigenvalue weighted by atomic mass is 32.2. The quantitative estimate of drug-likeness (QED) is 0.793. The van der Waals surface area contributed by atoms with Crippen molar-refractivity contribution in [3.63, 3.8) is 0 Å². The molecule has 0 N–H and O–H groups in total. The van der Waals surface area contributed by atoms with Crippen molar-refractivity contribution in [3.05, 3.63) is 65.5 Å². The number of benzene rings is 2. The van der Waals surface area contributed by atoms with Crippen LogP contribution in [0.2, 0.25) is 0 Å². The van der Waals surface area contributed by atoms with Gasteiger partial charge in [0.1, 0.15) is 5.82 Å². The average molecular weight is 398 g/mol. The number of rotatable bonds is 4. The fraction of sp³-hybridized carbons (Fsp3) is 0.278. The van der Waals surface area contributed by atoms with Gasteiger partial charge in [-0.1, -0.05) is 12.1 Å². The molecule has 27 heavy (non-hydrogen) atoms. The van der Waals surface area contributed by atoms with Crippen molar-refractivity contribution in [1.29, 1.82) is 0 Å². The summed E-state index contributed by atoms with van der Waals surface area (Å²) in [6.45, 7) is 0.471. The molecule has 1 amide bonds. The van der Waals surface area contributed by atoms with Crippen LogP contribution < -0.4 is 0 Å². The molecule has 0 radical (unpaired) electrons. The molecule has 3 rings (SSSR count). The van der Waals surface area contributed by atoms with E-state index in [1.165, 1.54) is 29.2 Å². The van der Waals surface area contributed by atoms with Crippen molar-refractivity contribution >= 4 is 15.9 Å². The number of piperazine rings is 1. The monoisotopic (exact) mass is 398 g/mol. The Labute approximate surface area is 155 Å². The summed E-state index contributed by atoms with van der Waals surface area (Å²) in [7, 11) is -3.97. The molecule has 0 spiro atoms. The third-order valence-corrected chi connectivity index (χ3v) is 6.28. The maximum atomic E-state index is 13.3. The number of hydrogen-bond acceptors (Lipinski definition) is 3. The van der Waals surface area contributed by atoms with Gasteiger partial charge in [0.15, 0.2) is 11.6 Å². The first-order valence-corrected chi connectivity index (χ1v) is 9.69. The van der Waals surface area contributed by atoms with Gasteiger partial charge in [0, 0.05) is 26.2 Å². The molecule has 1 aliphatic rings. The molecule has 5 nitrogen and oxygen atoms in total. The van der Waals surface area contributed by atoms with Gasteiger partial charge in [-0.3, -0.25) is 4.79 Å². The second kappa shape index (κ2) is 7.69. The normalized spacial score (nSPS) is 15.7. The van der Waals surface area contributed by atoms with E-state index < -0.39 is 21.7 Å². The Morgan fingerprint density at radius 2 is 1.52 bits per heavy atom. The van der Waals surface area contributed by atoms with Crippen LogP contribution in [-0.4, -0.2) is 49.7 Å². The number of halogens is 3. The van der Waals surface area contributed by atoms with Gasteiger partial charge in [0.05, 0.1) is 11.3 Å². The highest BCUT2D eigenvalue weighted by Gasteiger charge is 2.30. The summed E-state index contributed by atoms with van der Waals surface area (Å²) in [5, 5.41) is 0. The Morgan fingerprint density at radius 1 is 0.889 bits per heavy atom. The summed E-state index contributed by atoms with van der Waals surface area (Å²) in [6.07, 6.45) is 0.0935. The van der Waals surface area contributed by atoms with Crippen LogP contribution in [0, 0.1) is 17.5 Å². The number of nitrogens with zero attached hydrogens (tertiary/aromatic N) is 2. The zero-order chi connectivity index (χ0) is 19.6. The second-order valence-corrected chi connectivity index (χ2v) is 8.10. The van der Waals surface area contributed by atoms with Crippen molar-refractivity contribution in [2.45, 2.75) is 11.3 Å². The Balaban J connectivity index is 1.63. The lowest BCUT2D eigenvalue weighted by Gasteiger charge is -2.34. The first-order valence-electron chi connectivity index (χ1n) is 8.25. The van der Waals surface area contributed by atoms with Gasteiger partial charge < -0.3 is 4.90 Å². The van der Waals surface area contributed by atoms with Crippen molar-refractivity contribution in [2.24, 2.45) is 0 Å². The molecule has 0 unspecified atom stereocenters. The lowest BCUT2D eigenvalue weighted by molar-refractivity contribution is -0.131. The maximum Gasteiger partial charge on any atom is 0.243 e. The molecule has 1 aliphatic heterocycles. The number of carbonyl (C=O) groups excluding carboxylic acids is 1. The molecule has 2 aromatic rings. The van der Waals surface area contributed by atoms with Gasteiger partial charge in [-0.2, -0.15) is 4.31 Å². The van der Waals surface area contributed by atoms with Crippen LogP contribution >= 0.6 is 0 Å². The van der Waals surface area contributed by atoms with Gasteiger partial charge in [0.25, 0.3) is 0 Å². The lowest BCUT2D eigenvalue weighted by atomic mass is 10.1. The van der Waals surface area contributed by atoms with E-state index >= 15 is 0 Å². The van der Waals surface area contributed by atoms with E-state index in [9.17, 15) is 26.4 Å². The van der Waals surface area contributed by atoms with Crippen LogP contribution in [0.4, 0.5) is 13.2 Å². The molecular formula is C18H17F3N2O3S. The summed E-state index contributed by atoms with van der Waals surface area (Å²) in [5.74, 6) is -2.93. The highest BCUT2D eigenvalue weighted by molar-refractivity contribution is 7.89. The molecule has 144 valence electrons. The number of sulfonamides is 1. The zero-order valence-electron chi connectivity index (χ0n) is 14.2. The van der Waals surface area contributed by atoms with Gasteiger partial charge in [-0.15, -0.1) is 0 Å². The molecule has 1 heterocycles. The Bertz CT molecular complexity index is 941. The van der Waals surface area contributed by atoms with E-state index in [0.717, 1.165) is 16.4 Å². The predicted octanol–water partition coefficient (Wildman–Crippen LogP) is 2.18. The molecule has 2 aromatic carbocycles. The summed E-state index contributed by atoms with van der Waals surface area (Å²) in [5.41, 5.74) is 0.665. The summed E-state index contributed by atoms with van der Waals surface area (Å²) in [6, 6.07) is 8.03. The van der Waals surface area contributed by atoms with Crippen molar-refractivity contribution in [1.82, 2.24) is 9.21 Å².